The van der Waals surface area contributed by atoms with E-state index in [0.717, 1.165) is 21.8 Å². The first kappa shape index (κ1) is 13.0. The van der Waals surface area contributed by atoms with Gasteiger partial charge < -0.3 is 0 Å². The monoisotopic (exact) mass is 316 g/mol. The predicted molar refractivity (Wildman–Crippen MR) is 84.1 cm³/mol. The maximum Gasteiger partial charge on any atom is 0.145 e. The average molecular weight is 317 g/mol. The quantitative estimate of drug-likeness (QED) is 0.716. The lowest BCUT2D eigenvalue weighted by molar-refractivity contribution is 0.866. The van der Waals surface area contributed by atoms with E-state index in [0.29, 0.717) is 20.9 Å². The van der Waals surface area contributed by atoms with Gasteiger partial charge in [0.25, 0.3) is 0 Å². The van der Waals surface area contributed by atoms with Gasteiger partial charge in [-0.2, -0.15) is 11.8 Å². The molecule has 6 heteroatoms. The highest BCUT2D eigenvalue weighted by atomic mass is 35.5. The van der Waals surface area contributed by atoms with Gasteiger partial charge in [-0.05, 0) is 11.4 Å². The van der Waals surface area contributed by atoms with Crippen LogP contribution in [0.5, 0.6) is 0 Å². The molecule has 0 radical (unpaired) electrons. The summed E-state index contributed by atoms with van der Waals surface area (Å²) in [5.41, 5.74) is 0. The minimum absolute atomic E-state index is 0.366. The molecule has 0 bridgehead atoms. The summed E-state index contributed by atoms with van der Waals surface area (Å²) in [7, 11) is 0. The fourth-order valence-corrected chi connectivity index (χ4v) is 5.81. The Balaban J connectivity index is 1.94. The summed E-state index contributed by atoms with van der Waals surface area (Å²) in [5, 5.41) is 5.28. The van der Waals surface area contributed by atoms with Crippen LogP contribution >= 0.6 is 46.5 Å². The maximum atomic E-state index is 6.23. The van der Waals surface area contributed by atoms with Crippen molar-refractivity contribution < 1.29 is 0 Å². The first-order chi connectivity index (χ1) is 8.65. The molecule has 0 aliphatic carbocycles. The van der Waals surface area contributed by atoms with Crippen molar-refractivity contribution in [2.45, 2.75) is 29.6 Å². The molecule has 1 saturated heterocycles. The van der Waals surface area contributed by atoms with Gasteiger partial charge in [0, 0.05) is 21.6 Å². The number of rotatable bonds is 1. The molecule has 96 valence electrons. The van der Waals surface area contributed by atoms with Crippen LogP contribution in [0.15, 0.2) is 11.4 Å². The Morgan fingerprint density at radius 3 is 2.89 bits per heavy atom. The Hall–Kier alpha value is 0.0300. The van der Waals surface area contributed by atoms with E-state index in [-0.39, 0.29) is 0 Å². The third-order valence-electron chi connectivity index (χ3n) is 3.13. The molecule has 3 rings (SSSR count). The molecule has 3 unspecified atom stereocenters. The highest BCUT2D eigenvalue weighted by molar-refractivity contribution is 8.07. The fraction of sp³-hybridized carbons (Fsp3) is 0.500. The molecule has 2 aromatic rings. The Morgan fingerprint density at radius 1 is 1.28 bits per heavy atom. The molecule has 1 fully saturated rings. The molecule has 1 aliphatic rings. The van der Waals surface area contributed by atoms with Crippen molar-refractivity contribution in [3.63, 3.8) is 0 Å². The van der Waals surface area contributed by atoms with E-state index in [1.165, 1.54) is 0 Å². The van der Waals surface area contributed by atoms with Gasteiger partial charge in [0.15, 0.2) is 0 Å². The summed E-state index contributed by atoms with van der Waals surface area (Å²) in [4.78, 5) is 10.2. The summed E-state index contributed by atoms with van der Waals surface area (Å²) in [6.07, 6.45) is 0. The van der Waals surface area contributed by atoms with Crippen LogP contribution in [0.1, 0.15) is 24.9 Å². The summed E-state index contributed by atoms with van der Waals surface area (Å²) < 4.78 is 0. The van der Waals surface area contributed by atoms with Gasteiger partial charge >= 0.3 is 0 Å². The molecular formula is C12H13ClN2S3. The standard InChI is InChI=1S/C12H13ClN2S3/c1-6-7(2)18-9(5-17-6)11-14-10(13)8-3-4-16-12(8)15-11/h3-4,6-7,9H,5H2,1-2H3. The molecular weight excluding hydrogens is 304 g/mol. The fourth-order valence-electron chi connectivity index (χ4n) is 1.90. The van der Waals surface area contributed by atoms with E-state index in [9.17, 15) is 0 Å². The summed E-state index contributed by atoms with van der Waals surface area (Å²) in [6.45, 7) is 4.56. The van der Waals surface area contributed by atoms with Crippen molar-refractivity contribution in [2.24, 2.45) is 0 Å². The lowest BCUT2D eigenvalue weighted by Crippen LogP contribution is -2.22. The van der Waals surface area contributed by atoms with Crippen LogP contribution in [-0.2, 0) is 0 Å². The van der Waals surface area contributed by atoms with Crippen LogP contribution in [0.4, 0.5) is 0 Å². The minimum Gasteiger partial charge on any atom is -0.221 e. The van der Waals surface area contributed by atoms with Crippen LogP contribution < -0.4 is 0 Å². The first-order valence-corrected chi connectivity index (χ1v) is 9.08. The van der Waals surface area contributed by atoms with E-state index >= 15 is 0 Å². The van der Waals surface area contributed by atoms with Gasteiger partial charge in [0.2, 0.25) is 0 Å². The molecule has 3 atom stereocenters. The zero-order valence-corrected chi connectivity index (χ0v) is 13.3. The number of fused-ring (bicyclic) bond motifs is 1. The Kier molecular flexibility index (Phi) is 3.76. The Labute approximate surface area is 124 Å². The Bertz CT molecular complexity index is 571. The lowest BCUT2D eigenvalue weighted by atomic mass is 10.3. The maximum absolute atomic E-state index is 6.23. The molecule has 18 heavy (non-hydrogen) atoms. The third kappa shape index (κ3) is 2.38. The lowest BCUT2D eigenvalue weighted by Gasteiger charge is -2.30. The van der Waals surface area contributed by atoms with Gasteiger partial charge in [0.05, 0.1) is 5.25 Å². The van der Waals surface area contributed by atoms with Gasteiger partial charge in [-0.15, -0.1) is 23.1 Å². The van der Waals surface area contributed by atoms with Crippen LogP contribution in [0, 0.1) is 0 Å². The van der Waals surface area contributed by atoms with Gasteiger partial charge in [-0.1, -0.05) is 25.4 Å². The van der Waals surface area contributed by atoms with Crippen molar-refractivity contribution in [1.29, 1.82) is 0 Å². The SMILES string of the molecule is CC1SCC(c2nc(Cl)c3ccsc3n2)SC1C. The molecule has 3 heterocycles. The van der Waals surface area contributed by atoms with E-state index < -0.39 is 0 Å². The van der Waals surface area contributed by atoms with E-state index in [1.807, 2.05) is 35.0 Å². The number of hydrogen-bond acceptors (Lipinski definition) is 5. The second-order valence-corrected chi connectivity index (χ2v) is 8.63. The zero-order valence-electron chi connectivity index (χ0n) is 10.1. The first-order valence-electron chi connectivity index (χ1n) is 5.83. The second-order valence-electron chi connectivity index (χ2n) is 4.38. The number of halogens is 1. The number of thiophene rings is 1. The number of nitrogens with zero attached hydrogens (tertiary/aromatic N) is 2. The van der Waals surface area contributed by atoms with Crippen LogP contribution in [-0.4, -0.2) is 26.2 Å². The van der Waals surface area contributed by atoms with Gasteiger partial charge in [0.1, 0.15) is 15.8 Å². The molecule has 0 N–H and O–H groups in total. The summed E-state index contributed by atoms with van der Waals surface area (Å²) in [6, 6.07) is 1.99. The molecule has 2 nitrogen and oxygen atoms in total. The molecule has 0 saturated carbocycles. The van der Waals surface area contributed by atoms with Crippen molar-refractivity contribution in [3.8, 4) is 0 Å². The molecule has 1 aliphatic heterocycles. The highest BCUT2D eigenvalue weighted by Gasteiger charge is 2.29. The number of hydrogen-bond donors (Lipinski definition) is 0. The number of aromatic nitrogens is 2. The highest BCUT2D eigenvalue weighted by Crippen LogP contribution is 2.43. The summed E-state index contributed by atoms with van der Waals surface area (Å²) in [5.74, 6) is 1.97. The van der Waals surface area contributed by atoms with E-state index in [1.54, 1.807) is 11.3 Å². The van der Waals surface area contributed by atoms with E-state index in [2.05, 4.69) is 23.8 Å². The Morgan fingerprint density at radius 2 is 2.11 bits per heavy atom. The molecule has 0 aromatic carbocycles. The predicted octanol–water partition coefficient (Wildman–Crippen LogP) is 4.64. The van der Waals surface area contributed by atoms with Gasteiger partial charge in [-0.3, -0.25) is 0 Å². The van der Waals surface area contributed by atoms with Crippen molar-refractivity contribution in [3.05, 3.63) is 22.4 Å². The van der Waals surface area contributed by atoms with Crippen LogP contribution in [0.3, 0.4) is 0 Å². The third-order valence-corrected chi connectivity index (χ3v) is 7.62. The van der Waals surface area contributed by atoms with Gasteiger partial charge in [-0.25, -0.2) is 9.97 Å². The topological polar surface area (TPSA) is 25.8 Å². The second kappa shape index (κ2) is 5.19. The molecule has 0 amide bonds. The molecule has 2 aromatic heterocycles. The normalized spacial score (nSPS) is 28.7. The zero-order chi connectivity index (χ0) is 12.7. The minimum atomic E-state index is 0.366. The average Bonchev–Trinajstić information content (AvgIpc) is 2.81. The van der Waals surface area contributed by atoms with Crippen LogP contribution in [0.2, 0.25) is 5.15 Å². The van der Waals surface area contributed by atoms with E-state index in [4.69, 9.17) is 11.6 Å². The number of thioether (sulfide) groups is 2. The smallest absolute Gasteiger partial charge is 0.145 e. The van der Waals surface area contributed by atoms with Crippen molar-refractivity contribution in [2.75, 3.05) is 5.75 Å². The summed E-state index contributed by atoms with van der Waals surface area (Å²) >= 11 is 11.8. The molecule has 0 spiro atoms. The van der Waals surface area contributed by atoms with Crippen LogP contribution in [0.25, 0.3) is 10.2 Å². The van der Waals surface area contributed by atoms with Crippen molar-refractivity contribution >= 4 is 56.7 Å². The largest absolute Gasteiger partial charge is 0.221 e. The van der Waals surface area contributed by atoms with Crippen molar-refractivity contribution in [1.82, 2.24) is 9.97 Å².